The lowest BCUT2D eigenvalue weighted by Crippen LogP contribution is -2.43. The monoisotopic (exact) mass is 308 g/mol. The third-order valence-electron chi connectivity index (χ3n) is 3.92. The highest BCUT2D eigenvalue weighted by atomic mass is 19.1. The number of halogens is 1. The summed E-state index contributed by atoms with van der Waals surface area (Å²) in [6.07, 6.45) is 1.92. The molecule has 0 aromatic heterocycles. The van der Waals surface area contributed by atoms with Gasteiger partial charge in [-0.15, -0.1) is 0 Å². The van der Waals surface area contributed by atoms with Crippen LogP contribution >= 0.6 is 0 Å². The Hall–Kier alpha value is -1.46. The van der Waals surface area contributed by atoms with Crippen LogP contribution in [0.4, 0.5) is 4.39 Å². The highest BCUT2D eigenvalue weighted by molar-refractivity contribution is 5.78. The average molecular weight is 308 g/mol. The predicted octanol–water partition coefficient (Wildman–Crippen LogP) is 2.19. The summed E-state index contributed by atoms with van der Waals surface area (Å²) in [4.78, 5) is 14.4. The molecule has 22 heavy (non-hydrogen) atoms. The average Bonchev–Trinajstić information content (AvgIpc) is 2.52. The number of hydrogen-bond donors (Lipinski definition) is 1. The quantitative estimate of drug-likeness (QED) is 0.785. The molecule has 1 aliphatic rings. The number of likely N-dealkylation sites (tertiary alicyclic amines) is 1. The normalized spacial score (nSPS) is 19.1. The molecule has 1 atom stereocenters. The molecule has 0 saturated carbocycles. The first-order chi connectivity index (χ1) is 10.7. The van der Waals surface area contributed by atoms with Crippen molar-refractivity contribution in [1.29, 1.82) is 0 Å². The summed E-state index contributed by atoms with van der Waals surface area (Å²) < 4.78 is 18.5. The summed E-state index contributed by atoms with van der Waals surface area (Å²) >= 11 is 0. The molecule has 0 radical (unpaired) electrons. The highest BCUT2D eigenvalue weighted by Crippen LogP contribution is 2.19. The molecule has 0 spiro atoms. The Kier molecular flexibility index (Phi) is 6.80. The minimum Gasteiger partial charge on any atom is -0.380 e. The SMILES string of the molecule is CCOCCNC(=O)[C@@H]1CCCN(Cc2cccc(F)c2)C1. The molecule has 122 valence electrons. The lowest BCUT2D eigenvalue weighted by molar-refractivity contribution is -0.127. The fraction of sp³-hybridized carbons (Fsp3) is 0.588. The van der Waals surface area contributed by atoms with Crippen LogP contribution in [0.1, 0.15) is 25.3 Å². The summed E-state index contributed by atoms with van der Waals surface area (Å²) in [5.41, 5.74) is 0.956. The number of nitrogens with zero attached hydrogens (tertiary/aromatic N) is 1. The lowest BCUT2D eigenvalue weighted by Gasteiger charge is -2.32. The number of rotatable bonds is 7. The second kappa shape index (κ2) is 8.86. The third kappa shape index (κ3) is 5.39. The van der Waals surface area contributed by atoms with E-state index in [0.29, 0.717) is 26.3 Å². The number of nitrogens with one attached hydrogen (secondary N) is 1. The number of carbonyl (C=O) groups is 1. The van der Waals surface area contributed by atoms with Crippen LogP contribution in [0.3, 0.4) is 0 Å². The Morgan fingerprint density at radius 3 is 3.14 bits per heavy atom. The van der Waals surface area contributed by atoms with Crippen LogP contribution in [0.5, 0.6) is 0 Å². The topological polar surface area (TPSA) is 41.6 Å². The van der Waals surface area contributed by atoms with Gasteiger partial charge in [0.05, 0.1) is 12.5 Å². The van der Waals surface area contributed by atoms with E-state index in [2.05, 4.69) is 10.2 Å². The molecule has 1 aromatic carbocycles. The third-order valence-corrected chi connectivity index (χ3v) is 3.92. The Balaban J connectivity index is 1.79. The van der Waals surface area contributed by atoms with E-state index in [1.54, 1.807) is 12.1 Å². The van der Waals surface area contributed by atoms with E-state index in [1.165, 1.54) is 6.07 Å². The maximum Gasteiger partial charge on any atom is 0.224 e. The minimum absolute atomic E-state index is 0.0175. The van der Waals surface area contributed by atoms with Gasteiger partial charge in [-0.3, -0.25) is 9.69 Å². The highest BCUT2D eigenvalue weighted by Gasteiger charge is 2.25. The van der Waals surface area contributed by atoms with E-state index in [4.69, 9.17) is 4.74 Å². The molecule has 5 heteroatoms. The molecular formula is C17H25FN2O2. The van der Waals surface area contributed by atoms with Gasteiger partial charge in [0, 0.05) is 26.2 Å². The fourth-order valence-electron chi connectivity index (χ4n) is 2.84. The van der Waals surface area contributed by atoms with Gasteiger partial charge in [0.2, 0.25) is 5.91 Å². The number of benzene rings is 1. The number of piperidine rings is 1. The van der Waals surface area contributed by atoms with E-state index in [1.807, 2.05) is 13.0 Å². The number of hydrogen-bond acceptors (Lipinski definition) is 3. The van der Waals surface area contributed by atoms with E-state index in [9.17, 15) is 9.18 Å². The molecule has 0 bridgehead atoms. The van der Waals surface area contributed by atoms with E-state index < -0.39 is 0 Å². The summed E-state index contributed by atoms with van der Waals surface area (Å²) in [6, 6.07) is 6.67. The van der Waals surface area contributed by atoms with Crippen molar-refractivity contribution in [2.75, 3.05) is 32.8 Å². The van der Waals surface area contributed by atoms with Crippen molar-refractivity contribution in [2.24, 2.45) is 5.92 Å². The zero-order chi connectivity index (χ0) is 15.8. The predicted molar refractivity (Wildman–Crippen MR) is 83.9 cm³/mol. The Morgan fingerprint density at radius 2 is 2.36 bits per heavy atom. The van der Waals surface area contributed by atoms with Gasteiger partial charge in [-0.2, -0.15) is 0 Å². The summed E-state index contributed by atoms with van der Waals surface area (Å²) in [5, 5.41) is 2.93. The lowest BCUT2D eigenvalue weighted by atomic mass is 9.96. The van der Waals surface area contributed by atoms with Crippen LogP contribution in [-0.2, 0) is 16.1 Å². The Morgan fingerprint density at radius 1 is 1.50 bits per heavy atom. The maximum absolute atomic E-state index is 13.2. The molecule has 4 nitrogen and oxygen atoms in total. The molecule has 0 aliphatic carbocycles. The molecular weight excluding hydrogens is 283 g/mol. The summed E-state index contributed by atoms with van der Waals surface area (Å²) in [6.45, 7) is 6.11. The molecule has 1 saturated heterocycles. The van der Waals surface area contributed by atoms with Crippen molar-refractivity contribution >= 4 is 5.91 Å². The van der Waals surface area contributed by atoms with Gasteiger partial charge < -0.3 is 10.1 Å². The van der Waals surface area contributed by atoms with Crippen LogP contribution in [0, 0.1) is 11.7 Å². The van der Waals surface area contributed by atoms with Crippen molar-refractivity contribution < 1.29 is 13.9 Å². The van der Waals surface area contributed by atoms with Gasteiger partial charge in [0.1, 0.15) is 5.82 Å². The van der Waals surface area contributed by atoms with Crippen molar-refractivity contribution in [3.63, 3.8) is 0 Å². The second-order valence-corrected chi connectivity index (χ2v) is 5.69. The first kappa shape index (κ1) is 16.9. The molecule has 1 N–H and O–H groups in total. The van der Waals surface area contributed by atoms with Gasteiger partial charge in [-0.25, -0.2) is 4.39 Å². The number of amides is 1. The van der Waals surface area contributed by atoms with Gasteiger partial charge in [0.15, 0.2) is 0 Å². The van der Waals surface area contributed by atoms with Crippen LogP contribution in [-0.4, -0.2) is 43.7 Å². The van der Waals surface area contributed by atoms with E-state index in [0.717, 1.165) is 31.5 Å². The van der Waals surface area contributed by atoms with Gasteiger partial charge in [-0.05, 0) is 44.0 Å². The number of carbonyl (C=O) groups excluding carboxylic acids is 1. The summed E-state index contributed by atoms with van der Waals surface area (Å²) in [7, 11) is 0. The van der Waals surface area contributed by atoms with E-state index in [-0.39, 0.29) is 17.6 Å². The Bertz CT molecular complexity index is 481. The standard InChI is InChI=1S/C17H25FN2O2/c1-2-22-10-8-19-17(21)15-6-4-9-20(13-15)12-14-5-3-7-16(18)11-14/h3,5,7,11,15H,2,4,6,8-10,12-13H2,1H3,(H,19,21)/t15-/m1/s1. The van der Waals surface area contributed by atoms with Gasteiger partial charge in [0.25, 0.3) is 0 Å². The van der Waals surface area contributed by atoms with Crippen LogP contribution < -0.4 is 5.32 Å². The van der Waals surface area contributed by atoms with Gasteiger partial charge >= 0.3 is 0 Å². The first-order valence-electron chi connectivity index (χ1n) is 8.01. The molecule has 2 rings (SSSR count). The number of ether oxygens (including phenoxy) is 1. The minimum atomic E-state index is -0.209. The van der Waals surface area contributed by atoms with Crippen molar-refractivity contribution in [3.8, 4) is 0 Å². The molecule has 1 aliphatic heterocycles. The molecule has 1 aromatic rings. The Labute approximate surface area is 131 Å². The van der Waals surface area contributed by atoms with Crippen LogP contribution in [0.2, 0.25) is 0 Å². The van der Waals surface area contributed by atoms with Crippen molar-refractivity contribution in [1.82, 2.24) is 10.2 Å². The molecule has 1 heterocycles. The van der Waals surface area contributed by atoms with Crippen LogP contribution in [0.25, 0.3) is 0 Å². The molecule has 0 unspecified atom stereocenters. The zero-order valence-electron chi connectivity index (χ0n) is 13.2. The van der Waals surface area contributed by atoms with E-state index >= 15 is 0 Å². The maximum atomic E-state index is 13.2. The largest absolute Gasteiger partial charge is 0.380 e. The second-order valence-electron chi connectivity index (χ2n) is 5.69. The summed E-state index contributed by atoms with van der Waals surface area (Å²) in [5.74, 6) is -0.0905. The van der Waals surface area contributed by atoms with Crippen molar-refractivity contribution in [3.05, 3.63) is 35.6 Å². The molecule has 1 amide bonds. The smallest absolute Gasteiger partial charge is 0.224 e. The van der Waals surface area contributed by atoms with Crippen LogP contribution in [0.15, 0.2) is 24.3 Å². The molecule has 1 fully saturated rings. The first-order valence-corrected chi connectivity index (χ1v) is 8.01. The zero-order valence-corrected chi connectivity index (χ0v) is 13.2. The fourth-order valence-corrected chi connectivity index (χ4v) is 2.84. The van der Waals surface area contributed by atoms with Crippen molar-refractivity contribution in [2.45, 2.75) is 26.3 Å². The van der Waals surface area contributed by atoms with Gasteiger partial charge in [-0.1, -0.05) is 12.1 Å².